The minimum Gasteiger partial charge on any atom is -0.490 e. The van der Waals surface area contributed by atoms with Crippen molar-refractivity contribution in [1.82, 2.24) is 30.4 Å². The van der Waals surface area contributed by atoms with Gasteiger partial charge in [-0.15, -0.1) is 11.3 Å². The molecule has 0 radical (unpaired) electrons. The lowest BCUT2D eigenvalue weighted by Gasteiger charge is -2.36. The molecule has 0 unspecified atom stereocenters. The van der Waals surface area contributed by atoms with Crippen molar-refractivity contribution in [1.29, 1.82) is 0 Å². The highest BCUT2D eigenvalue weighted by Crippen LogP contribution is 2.38. The molecule has 1 aliphatic rings. The Balaban J connectivity index is 0.915. The first-order chi connectivity index (χ1) is 36.4. The molecule has 6 rings (SSSR count). The van der Waals surface area contributed by atoms with E-state index < -0.39 is 97.8 Å². The van der Waals surface area contributed by atoms with Crippen LogP contribution in [0.4, 0.5) is 30.6 Å². The zero-order chi connectivity index (χ0) is 56.2. The van der Waals surface area contributed by atoms with E-state index >= 15 is 0 Å². The number of sulfone groups is 1. The number of anilines is 3. The Morgan fingerprint density at radius 3 is 2.12 bits per heavy atom. The van der Waals surface area contributed by atoms with E-state index in [4.69, 9.17) is 23.7 Å². The molecule has 25 heteroatoms. The number of amides is 5. The molecule has 3 heterocycles. The van der Waals surface area contributed by atoms with Crippen molar-refractivity contribution in [2.24, 2.45) is 5.41 Å². The summed E-state index contributed by atoms with van der Waals surface area (Å²) in [5, 5.41) is 20.9. The van der Waals surface area contributed by atoms with Gasteiger partial charge in [0.2, 0.25) is 23.6 Å². The topological polar surface area (TPSA) is 266 Å². The summed E-state index contributed by atoms with van der Waals surface area (Å²) in [4.78, 5) is 76.4. The minimum absolute atomic E-state index is 0.0298. The number of aromatic nitrogens is 2. The van der Waals surface area contributed by atoms with Gasteiger partial charge in [0.05, 0.1) is 72.2 Å². The molecule has 0 spiro atoms. The molecule has 5 N–H and O–H groups in total. The van der Waals surface area contributed by atoms with Gasteiger partial charge in [0.25, 0.3) is 0 Å². The lowest BCUT2D eigenvalue weighted by molar-refractivity contribution is -0.143. The first kappa shape index (κ1) is 59.6. The molecule has 4 atom stereocenters. The van der Waals surface area contributed by atoms with Crippen molar-refractivity contribution < 1.29 is 70.0 Å². The average Bonchev–Trinajstić information content (AvgIpc) is 4.04. The van der Waals surface area contributed by atoms with Crippen LogP contribution in [0.5, 0.6) is 5.75 Å². The van der Waals surface area contributed by atoms with Gasteiger partial charge in [-0.25, -0.2) is 27.0 Å². The molecule has 418 valence electrons. The number of nitrogens with one attached hydrogen (secondary N) is 4. The molecule has 1 aliphatic heterocycles. The molecular weight excluding hydrogens is 1050 g/mol. The fraction of sp³-hybridized carbons (Fsp3) is 0.481. The van der Waals surface area contributed by atoms with Gasteiger partial charge in [0, 0.05) is 48.7 Å². The second-order valence-electron chi connectivity index (χ2n) is 20.2. The van der Waals surface area contributed by atoms with Crippen LogP contribution in [0.25, 0.3) is 21.1 Å². The third-order valence-corrected chi connectivity index (χ3v) is 15.8. The third kappa shape index (κ3) is 15.5. The molecule has 0 aliphatic carbocycles. The van der Waals surface area contributed by atoms with E-state index in [1.807, 2.05) is 18.2 Å². The molecule has 2 aromatic heterocycles. The fourth-order valence-corrected chi connectivity index (χ4v) is 9.96. The summed E-state index contributed by atoms with van der Waals surface area (Å²) in [7, 11) is -2.67. The fourth-order valence-electron chi connectivity index (χ4n) is 7.99. The lowest BCUT2D eigenvalue weighted by Crippen LogP contribution is -2.59. The SMILES string of the molecule is C[C@@H](C(=O)N[C@H](C(=O)N1C[C@@H](NC(=O)COCCOCCOCCOCCOc2cc3nccc(Nc4ccc5scnc5c4)c3cc2S(=O)(=O)C(C)(C)C)C[C@H]1C(=O)Nc1c(F)cccc1F)C(C)(C)C)N(C)C(=O)O. The predicted molar refractivity (Wildman–Crippen MR) is 284 cm³/mol. The molecule has 77 heavy (non-hydrogen) atoms. The molecule has 21 nitrogen and oxygen atoms in total. The number of carbonyl (C=O) groups is 5. The largest absolute Gasteiger partial charge is 0.490 e. The second kappa shape index (κ2) is 26.1. The predicted octanol–water partition coefficient (Wildman–Crippen LogP) is 6.14. The van der Waals surface area contributed by atoms with E-state index in [9.17, 15) is 46.3 Å². The summed E-state index contributed by atoms with van der Waals surface area (Å²) in [5.41, 5.74) is 2.92. The Hall–Kier alpha value is -6.64. The van der Waals surface area contributed by atoms with E-state index in [1.54, 1.807) is 82.8 Å². The van der Waals surface area contributed by atoms with Crippen molar-refractivity contribution in [3.63, 3.8) is 0 Å². The third-order valence-electron chi connectivity index (χ3n) is 12.5. The van der Waals surface area contributed by atoms with E-state index in [0.29, 0.717) is 16.6 Å². The van der Waals surface area contributed by atoms with Gasteiger partial charge in [-0.1, -0.05) is 26.8 Å². The smallest absolute Gasteiger partial charge is 0.407 e. The zero-order valence-corrected chi connectivity index (χ0v) is 45.8. The van der Waals surface area contributed by atoms with Crippen LogP contribution >= 0.6 is 11.3 Å². The Labute approximate surface area is 449 Å². The highest BCUT2D eigenvalue weighted by Gasteiger charge is 2.46. The van der Waals surface area contributed by atoms with E-state index in [1.165, 1.54) is 14.0 Å². The van der Waals surface area contributed by atoms with Gasteiger partial charge >= 0.3 is 6.09 Å². The Morgan fingerprint density at radius 2 is 1.49 bits per heavy atom. The van der Waals surface area contributed by atoms with E-state index in [-0.39, 0.29) is 76.5 Å². The minimum atomic E-state index is -3.86. The Kier molecular flexibility index (Phi) is 20.2. The van der Waals surface area contributed by atoms with Gasteiger partial charge in [-0.05, 0) is 82.0 Å². The quantitative estimate of drug-likeness (QED) is 0.0411. The average molecular weight is 1110 g/mol. The van der Waals surface area contributed by atoms with Crippen LogP contribution in [0.1, 0.15) is 54.9 Å². The number of carboxylic acid groups (broad SMARTS) is 1. The van der Waals surface area contributed by atoms with Crippen LogP contribution in [0.15, 0.2) is 71.2 Å². The number of halogens is 2. The highest BCUT2D eigenvalue weighted by atomic mass is 32.2. The van der Waals surface area contributed by atoms with Crippen LogP contribution in [-0.2, 0) is 48.0 Å². The molecule has 0 bridgehead atoms. The van der Waals surface area contributed by atoms with Gasteiger partial charge in [-0.2, -0.15) is 0 Å². The van der Waals surface area contributed by atoms with E-state index in [0.717, 1.165) is 43.9 Å². The summed E-state index contributed by atoms with van der Waals surface area (Å²) in [6, 6.07) is 9.18. The number of rotatable bonds is 25. The normalized spacial score (nSPS) is 15.7. The number of pyridine rings is 1. The van der Waals surface area contributed by atoms with Crippen LogP contribution in [-0.4, -0.2) is 165 Å². The molecule has 5 aromatic rings. The number of benzene rings is 3. The van der Waals surface area contributed by atoms with Gasteiger partial charge < -0.3 is 55.0 Å². The molecule has 1 saturated heterocycles. The van der Waals surface area contributed by atoms with Gasteiger partial charge in [0.1, 0.15) is 59.3 Å². The maximum Gasteiger partial charge on any atom is 0.407 e. The molecule has 0 saturated carbocycles. The van der Waals surface area contributed by atoms with E-state index in [2.05, 4.69) is 31.2 Å². The van der Waals surface area contributed by atoms with Crippen molar-refractivity contribution in [2.75, 3.05) is 83.7 Å². The first-order valence-corrected chi connectivity index (χ1v) is 27.1. The number of fused-ring (bicyclic) bond motifs is 2. The summed E-state index contributed by atoms with van der Waals surface area (Å²) >= 11 is 1.54. The van der Waals surface area contributed by atoms with Crippen LogP contribution in [0, 0.1) is 17.0 Å². The summed E-state index contributed by atoms with van der Waals surface area (Å²) in [6.45, 7) is 11.8. The Morgan fingerprint density at radius 1 is 0.857 bits per heavy atom. The standard InChI is InChI=1S/C52H66F2N8O13S2/c1-31(61(8)50(67)68)47(64)60-46(51(2,3)4)49(66)62-28-33(25-40(62)48(65)59-45-35(53)10-9-11-36(45)54)58-44(63)29-74-21-20-72-17-16-71-18-19-73-22-23-75-41-27-38-34(26-43(41)77(69,70)52(5,6)7)37(14-15-55-38)57-32-12-13-42-39(24-32)56-30-76-42/h9-15,24,26-27,30-31,33,40,46H,16-23,25,28-29H2,1-8H3,(H,55,57)(H,58,63)(H,59,65)(H,60,64)(H,67,68)/t31-,33-,40-,46+/m0/s1. The monoisotopic (exact) mass is 1110 g/mol. The highest BCUT2D eigenvalue weighted by molar-refractivity contribution is 7.92. The molecular formula is C52H66F2N8O13S2. The summed E-state index contributed by atoms with van der Waals surface area (Å²) < 4.78 is 85.1. The van der Waals surface area contributed by atoms with Gasteiger partial charge in [-0.3, -0.25) is 29.1 Å². The number of nitrogens with zero attached hydrogens (tertiary/aromatic N) is 4. The lowest BCUT2D eigenvalue weighted by atomic mass is 9.85. The molecule has 5 amide bonds. The molecule has 1 fully saturated rings. The number of ether oxygens (including phenoxy) is 5. The number of hydrogen-bond acceptors (Lipinski definition) is 16. The van der Waals surface area contributed by atoms with Crippen molar-refractivity contribution >= 4 is 89.1 Å². The van der Waals surface area contributed by atoms with Gasteiger partial charge in [0.15, 0.2) is 9.84 Å². The summed E-state index contributed by atoms with van der Waals surface area (Å²) in [5.74, 6) is -5.00. The van der Waals surface area contributed by atoms with Crippen molar-refractivity contribution in [3.8, 4) is 5.75 Å². The van der Waals surface area contributed by atoms with Crippen molar-refractivity contribution in [2.45, 2.75) is 88.7 Å². The number of carbonyl (C=O) groups excluding carboxylic acids is 4. The maximum absolute atomic E-state index is 14.6. The zero-order valence-electron chi connectivity index (χ0n) is 44.1. The van der Waals surface area contributed by atoms with Crippen LogP contribution < -0.4 is 26.0 Å². The first-order valence-electron chi connectivity index (χ1n) is 24.7. The number of thiazole rings is 1. The summed E-state index contributed by atoms with van der Waals surface area (Å²) in [6.07, 6.45) is 0.0994. The Bertz CT molecular complexity index is 3000. The second-order valence-corrected chi connectivity index (χ2v) is 23.7. The van der Waals surface area contributed by atoms with Crippen molar-refractivity contribution in [3.05, 3.63) is 77.9 Å². The van der Waals surface area contributed by atoms with Crippen LogP contribution in [0.2, 0.25) is 0 Å². The maximum atomic E-state index is 14.6. The molecule has 3 aromatic carbocycles. The number of likely N-dealkylation sites (tertiary alicyclic amines) is 1. The number of para-hydroxylation sites is 1. The van der Waals surface area contributed by atoms with Crippen LogP contribution in [0.3, 0.4) is 0 Å². The number of hydrogen-bond donors (Lipinski definition) is 5. The number of likely N-dealkylation sites (N-methyl/N-ethyl adjacent to an activating group) is 1.